The fourth-order valence-corrected chi connectivity index (χ4v) is 5.87. The number of benzene rings is 1. The van der Waals surface area contributed by atoms with Crippen LogP contribution >= 0.6 is 11.3 Å². The van der Waals surface area contributed by atoms with E-state index in [0.29, 0.717) is 0 Å². The lowest BCUT2D eigenvalue weighted by atomic mass is 9.97. The molecular weight excluding hydrogens is 352 g/mol. The Balaban J connectivity index is 1.39. The predicted octanol–water partition coefficient (Wildman–Crippen LogP) is 2.78. The minimum absolute atomic E-state index is 0.912. The lowest BCUT2D eigenvalue weighted by molar-refractivity contribution is -0.914. The van der Waals surface area contributed by atoms with Crippen LogP contribution < -0.4 is 9.80 Å². The van der Waals surface area contributed by atoms with Crippen molar-refractivity contribution in [2.45, 2.75) is 39.2 Å². The average molecular weight is 380 g/mol. The highest BCUT2D eigenvalue weighted by Gasteiger charge is 2.26. The van der Waals surface area contributed by atoms with Gasteiger partial charge in [-0.2, -0.15) is 0 Å². The number of thiophene rings is 1. The predicted molar refractivity (Wildman–Crippen MR) is 112 cm³/mol. The van der Waals surface area contributed by atoms with Gasteiger partial charge in [0.15, 0.2) is 0 Å². The Kier molecular flexibility index (Phi) is 4.58. The minimum atomic E-state index is 0.912. The molecule has 2 aliphatic rings. The largest absolute Gasteiger partial charge is 0.345 e. The second-order valence-electron chi connectivity index (χ2n) is 7.88. The molecule has 5 heteroatoms. The van der Waals surface area contributed by atoms with Gasteiger partial charge in [-0.15, -0.1) is 11.3 Å². The summed E-state index contributed by atoms with van der Waals surface area (Å²) in [4.78, 5) is 16.7. The Bertz CT molecular complexity index is 942. The van der Waals surface area contributed by atoms with Crippen molar-refractivity contribution in [3.8, 4) is 0 Å². The van der Waals surface area contributed by atoms with Crippen molar-refractivity contribution in [3.63, 3.8) is 0 Å². The standard InChI is InChI=1S/C22H26N4S/c1-16-23-21(20-18-9-5-6-10-19(18)27-22(20)24-16)26-13-11-25(12-14-26)15-17-7-3-2-4-8-17/h2-4,7-8H,5-6,9-15H2,1H3/p+1. The Morgan fingerprint density at radius 1 is 1.04 bits per heavy atom. The molecule has 1 N–H and O–H groups in total. The van der Waals surface area contributed by atoms with Gasteiger partial charge in [0.05, 0.1) is 31.6 Å². The Morgan fingerprint density at radius 2 is 1.81 bits per heavy atom. The summed E-state index contributed by atoms with van der Waals surface area (Å²) in [7, 11) is 0. The molecule has 0 unspecified atom stereocenters. The minimum Gasteiger partial charge on any atom is -0.345 e. The number of nitrogens with one attached hydrogen (secondary N) is 1. The molecule has 1 aliphatic carbocycles. The first kappa shape index (κ1) is 17.1. The highest BCUT2D eigenvalue weighted by atomic mass is 32.1. The molecule has 140 valence electrons. The number of quaternary nitrogens is 1. The highest BCUT2D eigenvalue weighted by molar-refractivity contribution is 7.19. The molecule has 5 rings (SSSR count). The molecule has 4 nitrogen and oxygen atoms in total. The van der Waals surface area contributed by atoms with Crippen LogP contribution in [0.5, 0.6) is 0 Å². The van der Waals surface area contributed by atoms with E-state index in [1.807, 2.05) is 18.3 Å². The SMILES string of the molecule is Cc1nc(N2CC[NH+](Cc3ccccc3)CC2)c2c3c(sc2n1)CCCC3. The molecule has 0 amide bonds. The topological polar surface area (TPSA) is 33.5 Å². The van der Waals surface area contributed by atoms with Gasteiger partial charge in [0.1, 0.15) is 23.0 Å². The average Bonchev–Trinajstić information content (AvgIpc) is 3.07. The van der Waals surface area contributed by atoms with E-state index in [4.69, 9.17) is 9.97 Å². The number of rotatable bonds is 3. The van der Waals surface area contributed by atoms with Crippen LogP contribution in [-0.2, 0) is 19.4 Å². The number of piperazine rings is 1. The van der Waals surface area contributed by atoms with E-state index in [1.165, 1.54) is 60.4 Å². The van der Waals surface area contributed by atoms with E-state index >= 15 is 0 Å². The van der Waals surface area contributed by atoms with Crippen molar-refractivity contribution in [1.29, 1.82) is 0 Å². The van der Waals surface area contributed by atoms with E-state index in [9.17, 15) is 0 Å². The zero-order valence-electron chi connectivity index (χ0n) is 16.0. The molecule has 1 fully saturated rings. The summed E-state index contributed by atoms with van der Waals surface area (Å²) in [5.74, 6) is 2.12. The Labute approximate surface area is 164 Å². The summed E-state index contributed by atoms with van der Waals surface area (Å²) in [6, 6.07) is 10.9. The van der Waals surface area contributed by atoms with Crippen LogP contribution in [0, 0.1) is 6.92 Å². The zero-order chi connectivity index (χ0) is 18.2. The van der Waals surface area contributed by atoms with E-state index in [2.05, 4.69) is 35.2 Å². The molecule has 3 aromatic rings. The molecule has 0 atom stereocenters. The van der Waals surface area contributed by atoms with Gasteiger partial charge in [0.25, 0.3) is 0 Å². The lowest BCUT2D eigenvalue weighted by Gasteiger charge is -2.33. The van der Waals surface area contributed by atoms with Crippen LogP contribution in [0.1, 0.15) is 34.7 Å². The van der Waals surface area contributed by atoms with Crippen LogP contribution in [-0.4, -0.2) is 36.1 Å². The Hall–Kier alpha value is -1.98. The molecular formula is C22H27N4S+. The first-order valence-electron chi connectivity index (χ1n) is 10.2. The van der Waals surface area contributed by atoms with Crippen LogP contribution in [0.25, 0.3) is 10.2 Å². The second kappa shape index (κ2) is 7.21. The highest BCUT2D eigenvalue weighted by Crippen LogP contribution is 2.39. The summed E-state index contributed by atoms with van der Waals surface area (Å²) >= 11 is 1.91. The fraction of sp³-hybridized carbons (Fsp3) is 0.455. The van der Waals surface area contributed by atoms with Gasteiger partial charge in [-0.1, -0.05) is 30.3 Å². The van der Waals surface area contributed by atoms with Gasteiger partial charge in [-0.3, -0.25) is 0 Å². The monoisotopic (exact) mass is 379 g/mol. The molecule has 1 aromatic carbocycles. The molecule has 3 heterocycles. The van der Waals surface area contributed by atoms with Crippen LogP contribution in [0.15, 0.2) is 30.3 Å². The maximum Gasteiger partial charge on any atom is 0.141 e. The van der Waals surface area contributed by atoms with E-state index in [0.717, 1.165) is 25.5 Å². The number of anilines is 1. The maximum absolute atomic E-state index is 4.93. The lowest BCUT2D eigenvalue weighted by Crippen LogP contribution is -3.13. The van der Waals surface area contributed by atoms with E-state index in [1.54, 1.807) is 15.3 Å². The van der Waals surface area contributed by atoms with Gasteiger partial charge in [-0.05, 0) is 38.2 Å². The Morgan fingerprint density at radius 3 is 2.63 bits per heavy atom. The molecule has 0 bridgehead atoms. The van der Waals surface area contributed by atoms with Crippen molar-refractivity contribution in [2.75, 3.05) is 31.1 Å². The smallest absolute Gasteiger partial charge is 0.141 e. The molecule has 27 heavy (non-hydrogen) atoms. The van der Waals surface area contributed by atoms with E-state index in [-0.39, 0.29) is 0 Å². The van der Waals surface area contributed by atoms with Crippen molar-refractivity contribution in [3.05, 3.63) is 52.2 Å². The number of fused-ring (bicyclic) bond motifs is 3. The summed E-state index contributed by atoms with van der Waals surface area (Å²) < 4.78 is 0. The molecule has 1 aliphatic heterocycles. The normalized spacial score (nSPS) is 18.0. The summed E-state index contributed by atoms with van der Waals surface area (Å²) in [5.41, 5.74) is 2.99. The van der Waals surface area contributed by atoms with Crippen LogP contribution in [0.2, 0.25) is 0 Å². The first-order valence-corrected chi connectivity index (χ1v) is 11.0. The molecule has 0 spiro atoms. The summed E-state index contributed by atoms with van der Waals surface area (Å²) in [6.45, 7) is 7.67. The fourth-order valence-electron chi connectivity index (χ4n) is 4.57. The third kappa shape index (κ3) is 3.34. The van der Waals surface area contributed by atoms with Crippen LogP contribution in [0.3, 0.4) is 0 Å². The van der Waals surface area contributed by atoms with Gasteiger partial charge in [0, 0.05) is 10.4 Å². The number of nitrogens with zero attached hydrogens (tertiary/aromatic N) is 3. The maximum atomic E-state index is 4.93. The second-order valence-corrected chi connectivity index (χ2v) is 8.97. The van der Waals surface area contributed by atoms with Gasteiger partial charge < -0.3 is 9.80 Å². The molecule has 0 radical (unpaired) electrons. The quantitative estimate of drug-likeness (QED) is 0.760. The number of hydrogen-bond donors (Lipinski definition) is 1. The zero-order valence-corrected chi connectivity index (χ0v) is 16.8. The third-order valence-electron chi connectivity index (χ3n) is 5.97. The van der Waals surface area contributed by atoms with Crippen molar-refractivity contribution >= 4 is 27.4 Å². The third-order valence-corrected chi connectivity index (χ3v) is 7.16. The number of aromatic nitrogens is 2. The first-order chi connectivity index (χ1) is 13.3. The molecule has 0 saturated carbocycles. The van der Waals surface area contributed by atoms with Gasteiger partial charge in [0.2, 0.25) is 0 Å². The van der Waals surface area contributed by atoms with Crippen LogP contribution in [0.4, 0.5) is 5.82 Å². The van der Waals surface area contributed by atoms with Crippen molar-refractivity contribution in [2.24, 2.45) is 0 Å². The van der Waals surface area contributed by atoms with Crippen molar-refractivity contribution in [1.82, 2.24) is 9.97 Å². The van der Waals surface area contributed by atoms with E-state index < -0.39 is 0 Å². The molecule has 2 aromatic heterocycles. The number of aryl methyl sites for hydroxylation is 3. The number of hydrogen-bond acceptors (Lipinski definition) is 4. The summed E-state index contributed by atoms with van der Waals surface area (Å²) in [5, 5.41) is 1.37. The molecule has 1 saturated heterocycles. The summed E-state index contributed by atoms with van der Waals surface area (Å²) in [6.07, 6.45) is 5.06. The van der Waals surface area contributed by atoms with Crippen molar-refractivity contribution < 1.29 is 4.90 Å². The van der Waals surface area contributed by atoms with Gasteiger partial charge >= 0.3 is 0 Å². The van der Waals surface area contributed by atoms with Gasteiger partial charge in [-0.25, -0.2) is 9.97 Å².